The average molecular weight is 443 g/mol. The number of hydrogen-bond acceptors (Lipinski definition) is 4. The van der Waals surface area contributed by atoms with Crippen LogP contribution in [0.25, 0.3) is 11.8 Å². The van der Waals surface area contributed by atoms with Crippen molar-refractivity contribution in [2.75, 3.05) is 0 Å². The van der Waals surface area contributed by atoms with E-state index in [1.165, 1.54) is 29.0 Å². The van der Waals surface area contributed by atoms with Crippen molar-refractivity contribution in [1.29, 1.82) is 0 Å². The zero-order chi connectivity index (χ0) is 21.8. The van der Waals surface area contributed by atoms with E-state index in [9.17, 15) is 9.18 Å². The first kappa shape index (κ1) is 19.2. The minimum absolute atomic E-state index is 0.109. The fourth-order valence-electron chi connectivity index (χ4n) is 4.63. The smallest absolute Gasteiger partial charge is 0.271 e. The molecule has 1 aliphatic carbocycles. The largest absolute Gasteiger partial charge is 0.462 e. The first-order valence-electron chi connectivity index (χ1n) is 10.5. The molecule has 2 aromatic carbocycles. The fraction of sp³-hybridized carbons (Fsp3) is 0.154. The molecule has 0 amide bonds. The van der Waals surface area contributed by atoms with Gasteiger partial charge in [0.15, 0.2) is 4.80 Å². The molecular formula is C26H19FN2O2S. The summed E-state index contributed by atoms with van der Waals surface area (Å²) in [5.41, 5.74) is 5.18. The van der Waals surface area contributed by atoms with Crippen molar-refractivity contribution in [3.8, 4) is 0 Å². The van der Waals surface area contributed by atoms with Crippen molar-refractivity contribution >= 4 is 23.1 Å². The number of benzene rings is 2. The number of halogens is 1. The fourth-order valence-corrected chi connectivity index (χ4v) is 5.61. The number of fused-ring (bicyclic) bond motifs is 3. The number of furan rings is 1. The van der Waals surface area contributed by atoms with Gasteiger partial charge >= 0.3 is 0 Å². The predicted molar refractivity (Wildman–Crippen MR) is 123 cm³/mol. The van der Waals surface area contributed by atoms with Gasteiger partial charge in [0, 0.05) is 11.6 Å². The molecule has 2 aliphatic rings. The molecule has 0 spiro atoms. The van der Waals surface area contributed by atoms with E-state index < -0.39 is 0 Å². The maximum Gasteiger partial charge on any atom is 0.271 e. The van der Waals surface area contributed by atoms with E-state index in [0.29, 0.717) is 15.1 Å². The summed E-state index contributed by atoms with van der Waals surface area (Å²) in [7, 11) is 0. The summed E-state index contributed by atoms with van der Waals surface area (Å²) in [4.78, 5) is 19.2. The van der Waals surface area contributed by atoms with E-state index in [1.807, 2.05) is 31.2 Å². The van der Waals surface area contributed by atoms with Gasteiger partial charge in [-0.25, -0.2) is 9.38 Å². The summed E-state index contributed by atoms with van der Waals surface area (Å²) in [5, 5.41) is 0. The minimum Gasteiger partial charge on any atom is -0.462 e. The number of rotatable bonds is 2. The van der Waals surface area contributed by atoms with Crippen LogP contribution in [0.4, 0.5) is 4.39 Å². The lowest BCUT2D eigenvalue weighted by molar-refractivity contribution is 0.524. The van der Waals surface area contributed by atoms with Crippen LogP contribution in [0.3, 0.4) is 0 Å². The molecular weight excluding hydrogens is 423 g/mol. The van der Waals surface area contributed by atoms with Gasteiger partial charge < -0.3 is 4.42 Å². The molecule has 0 fully saturated rings. The number of thiazole rings is 1. The zero-order valence-electron chi connectivity index (χ0n) is 17.3. The van der Waals surface area contributed by atoms with Gasteiger partial charge in [0.05, 0.1) is 16.3 Å². The number of nitrogens with zero attached hydrogens (tertiary/aromatic N) is 2. The molecule has 158 valence electrons. The Morgan fingerprint density at radius 2 is 1.91 bits per heavy atom. The Kier molecular flexibility index (Phi) is 4.36. The van der Waals surface area contributed by atoms with Gasteiger partial charge in [-0.2, -0.15) is 0 Å². The number of hydrogen-bond donors (Lipinski definition) is 0. The Labute approximate surface area is 187 Å². The number of aromatic nitrogens is 1. The Bertz CT molecular complexity index is 1570. The SMILES string of the molecule is Cc1ccc(C=c2sc3n(c2=O)C(c2ccc(F)cc2)C2=C(N=3)c3ccccc3CC2)o1. The molecule has 4 nitrogen and oxygen atoms in total. The van der Waals surface area contributed by atoms with Gasteiger partial charge in [0.2, 0.25) is 0 Å². The van der Waals surface area contributed by atoms with Crippen molar-refractivity contribution < 1.29 is 8.81 Å². The Hall–Kier alpha value is -3.51. The average Bonchev–Trinajstić information content (AvgIpc) is 3.35. The molecule has 1 aliphatic heterocycles. The molecule has 0 bridgehead atoms. The van der Waals surface area contributed by atoms with E-state index in [1.54, 1.807) is 22.8 Å². The normalized spacial score (nSPS) is 17.6. The Balaban J connectivity index is 1.64. The second-order valence-corrected chi connectivity index (χ2v) is 9.12. The molecule has 0 N–H and O–H groups in total. The molecule has 32 heavy (non-hydrogen) atoms. The van der Waals surface area contributed by atoms with Gasteiger partial charge in [-0.3, -0.25) is 9.36 Å². The van der Waals surface area contributed by atoms with Gasteiger partial charge in [-0.1, -0.05) is 47.7 Å². The van der Waals surface area contributed by atoms with E-state index in [2.05, 4.69) is 12.1 Å². The third-order valence-electron chi connectivity index (χ3n) is 6.09. The summed E-state index contributed by atoms with van der Waals surface area (Å²) in [5.74, 6) is 1.14. The van der Waals surface area contributed by atoms with Crippen LogP contribution in [0.1, 0.15) is 40.7 Å². The minimum atomic E-state index is -0.310. The standard InChI is InChI=1S/C26H19FN2O2S/c1-15-6-12-19(31-15)14-22-25(30)29-24(17-7-10-18(27)11-8-17)21-13-9-16-4-2-3-5-20(16)23(21)28-26(29)32-22/h2-8,10-12,14,24H,9,13H2,1H3. The molecule has 4 aromatic rings. The predicted octanol–water partition coefficient (Wildman–Crippen LogP) is 4.36. The van der Waals surface area contributed by atoms with Crippen LogP contribution < -0.4 is 14.9 Å². The molecule has 0 saturated carbocycles. The van der Waals surface area contributed by atoms with Crippen LogP contribution in [-0.2, 0) is 6.42 Å². The lowest BCUT2D eigenvalue weighted by Crippen LogP contribution is -2.38. The quantitative estimate of drug-likeness (QED) is 0.463. The van der Waals surface area contributed by atoms with Crippen LogP contribution in [0.15, 0.2) is 80.4 Å². The van der Waals surface area contributed by atoms with Crippen molar-refractivity contribution in [2.24, 2.45) is 4.99 Å². The van der Waals surface area contributed by atoms with Crippen LogP contribution in [0, 0.1) is 12.7 Å². The Morgan fingerprint density at radius 1 is 1.09 bits per heavy atom. The van der Waals surface area contributed by atoms with E-state index in [0.717, 1.165) is 41.0 Å². The second-order valence-electron chi connectivity index (χ2n) is 8.11. The lowest BCUT2D eigenvalue weighted by atomic mass is 9.83. The molecule has 3 heterocycles. The van der Waals surface area contributed by atoms with Crippen LogP contribution >= 0.6 is 11.3 Å². The summed E-state index contributed by atoms with van der Waals surface area (Å²) in [6.07, 6.45) is 3.46. The first-order valence-corrected chi connectivity index (χ1v) is 11.3. The monoisotopic (exact) mass is 442 g/mol. The molecule has 0 radical (unpaired) electrons. The van der Waals surface area contributed by atoms with Crippen molar-refractivity contribution in [1.82, 2.24) is 4.57 Å². The molecule has 1 unspecified atom stereocenters. The van der Waals surface area contributed by atoms with Crippen LogP contribution in [-0.4, -0.2) is 4.57 Å². The summed E-state index contributed by atoms with van der Waals surface area (Å²) in [6.45, 7) is 1.87. The van der Waals surface area contributed by atoms with Crippen LogP contribution in [0.2, 0.25) is 0 Å². The zero-order valence-corrected chi connectivity index (χ0v) is 18.2. The van der Waals surface area contributed by atoms with Gasteiger partial charge in [-0.05, 0) is 60.7 Å². The van der Waals surface area contributed by atoms with E-state index >= 15 is 0 Å². The molecule has 1 atom stereocenters. The highest BCUT2D eigenvalue weighted by Gasteiger charge is 2.32. The Morgan fingerprint density at radius 3 is 2.69 bits per heavy atom. The van der Waals surface area contributed by atoms with Crippen LogP contribution in [0.5, 0.6) is 0 Å². The highest BCUT2D eigenvalue weighted by molar-refractivity contribution is 7.07. The molecule has 6 heteroatoms. The maximum atomic E-state index is 13.7. The van der Waals surface area contributed by atoms with E-state index in [4.69, 9.17) is 9.41 Å². The van der Waals surface area contributed by atoms with E-state index in [-0.39, 0.29) is 17.4 Å². The van der Waals surface area contributed by atoms with Crippen molar-refractivity contribution in [3.05, 3.63) is 120 Å². The van der Waals surface area contributed by atoms with Gasteiger partial charge in [0.1, 0.15) is 17.3 Å². The molecule has 6 rings (SSSR count). The second kappa shape index (κ2) is 7.28. The topological polar surface area (TPSA) is 47.5 Å². The summed E-state index contributed by atoms with van der Waals surface area (Å²) in [6, 6.07) is 18.2. The lowest BCUT2D eigenvalue weighted by Gasteiger charge is -2.30. The third kappa shape index (κ3) is 3.02. The first-order chi connectivity index (χ1) is 15.6. The maximum absolute atomic E-state index is 13.7. The summed E-state index contributed by atoms with van der Waals surface area (Å²) < 4.78 is 21.7. The molecule has 2 aromatic heterocycles. The highest BCUT2D eigenvalue weighted by atomic mass is 32.1. The number of allylic oxidation sites excluding steroid dienone is 1. The molecule has 0 saturated heterocycles. The van der Waals surface area contributed by atoms with Gasteiger partial charge in [0.25, 0.3) is 5.56 Å². The highest BCUT2D eigenvalue weighted by Crippen LogP contribution is 2.41. The van der Waals surface area contributed by atoms with Crippen molar-refractivity contribution in [3.63, 3.8) is 0 Å². The van der Waals surface area contributed by atoms with Gasteiger partial charge in [-0.15, -0.1) is 0 Å². The third-order valence-corrected chi connectivity index (χ3v) is 7.08. The van der Waals surface area contributed by atoms with Crippen molar-refractivity contribution in [2.45, 2.75) is 25.8 Å². The summed E-state index contributed by atoms with van der Waals surface area (Å²) >= 11 is 1.36. The number of aryl methyl sites for hydroxylation is 2.